The molecule has 1 radical (unpaired) electrons. The van der Waals surface area contributed by atoms with Gasteiger partial charge in [-0.1, -0.05) is 13.8 Å². The van der Waals surface area contributed by atoms with Crippen LogP contribution in [0.25, 0.3) is 0 Å². The highest BCUT2D eigenvalue weighted by molar-refractivity contribution is 5.88. The molecule has 0 aromatic heterocycles. The van der Waals surface area contributed by atoms with Crippen molar-refractivity contribution in [1.29, 1.82) is 0 Å². The minimum absolute atomic E-state index is 0.421. The van der Waals surface area contributed by atoms with E-state index in [1.165, 1.54) is 18.8 Å². The van der Waals surface area contributed by atoms with E-state index in [1.807, 2.05) is 0 Å². The van der Waals surface area contributed by atoms with Crippen molar-refractivity contribution in [3.05, 3.63) is 5.92 Å². The van der Waals surface area contributed by atoms with Gasteiger partial charge in [0.2, 0.25) is 0 Å². The molecule has 2 saturated carbocycles. The summed E-state index contributed by atoms with van der Waals surface area (Å²) in [4.78, 5) is 11.5. The van der Waals surface area contributed by atoms with Crippen molar-refractivity contribution in [2.45, 2.75) is 33.1 Å². The van der Waals surface area contributed by atoms with E-state index in [-0.39, 0.29) is 0 Å². The lowest BCUT2D eigenvalue weighted by molar-refractivity contribution is -0.121. The Balaban J connectivity index is 2.15. The summed E-state index contributed by atoms with van der Waals surface area (Å²) in [7, 11) is 0. The van der Waals surface area contributed by atoms with Crippen molar-refractivity contribution >= 4 is 5.78 Å². The number of carbonyl (C=O) groups is 1. The number of carbonyl (C=O) groups excluding carboxylic acids is 1. The number of rotatable bonds is 1. The first kappa shape index (κ1) is 7.33. The molecule has 0 aromatic rings. The number of Topliss-reactive ketones (excluding diaryl/α,β-unsaturated/α-hetero) is 1. The van der Waals surface area contributed by atoms with Gasteiger partial charge in [-0.2, -0.15) is 0 Å². The number of ketones is 1. The number of hydrogen-bond acceptors (Lipinski definition) is 1. The van der Waals surface area contributed by atoms with Crippen molar-refractivity contribution < 1.29 is 4.79 Å². The van der Waals surface area contributed by atoms with E-state index in [4.69, 9.17) is 0 Å². The van der Waals surface area contributed by atoms with Crippen molar-refractivity contribution in [3.8, 4) is 0 Å². The fraction of sp³-hybridized carbons (Fsp3) is 0.800. The van der Waals surface area contributed by atoms with Crippen LogP contribution >= 0.6 is 0 Å². The molecular weight excluding hydrogens is 136 g/mol. The van der Waals surface area contributed by atoms with Crippen molar-refractivity contribution in [2.24, 2.45) is 17.8 Å². The summed E-state index contributed by atoms with van der Waals surface area (Å²) in [5.74, 6) is 3.54. The summed E-state index contributed by atoms with van der Waals surface area (Å²) >= 11 is 0. The lowest BCUT2D eigenvalue weighted by Crippen LogP contribution is -2.16. The van der Waals surface area contributed by atoms with Crippen molar-refractivity contribution in [2.75, 3.05) is 0 Å². The molecule has 2 bridgehead atoms. The average molecular weight is 151 g/mol. The normalized spacial score (nSPS) is 42.5. The Morgan fingerprint density at radius 2 is 2.09 bits per heavy atom. The molecule has 0 N–H and O–H groups in total. The molecule has 2 aliphatic rings. The Bertz CT molecular complexity index is 183. The summed E-state index contributed by atoms with van der Waals surface area (Å²) in [6.45, 7) is 4.33. The van der Waals surface area contributed by atoms with Crippen LogP contribution in [0, 0.1) is 23.7 Å². The summed E-state index contributed by atoms with van der Waals surface area (Å²) < 4.78 is 0. The molecule has 0 spiro atoms. The van der Waals surface area contributed by atoms with Crippen LogP contribution in [0.4, 0.5) is 0 Å². The van der Waals surface area contributed by atoms with E-state index in [0.717, 1.165) is 6.42 Å². The van der Waals surface area contributed by atoms with Gasteiger partial charge >= 0.3 is 0 Å². The van der Waals surface area contributed by atoms with E-state index in [0.29, 0.717) is 23.5 Å². The molecule has 11 heavy (non-hydrogen) atoms. The summed E-state index contributed by atoms with van der Waals surface area (Å²) in [6.07, 6.45) is 3.50. The Morgan fingerprint density at radius 3 is 2.36 bits per heavy atom. The maximum Gasteiger partial charge on any atom is 0.139 e. The molecule has 0 aliphatic heterocycles. The second kappa shape index (κ2) is 2.33. The third kappa shape index (κ3) is 0.935. The van der Waals surface area contributed by atoms with Gasteiger partial charge in [-0.3, -0.25) is 4.79 Å². The molecule has 2 aliphatic carbocycles. The van der Waals surface area contributed by atoms with Gasteiger partial charge in [0.15, 0.2) is 0 Å². The highest BCUT2D eigenvalue weighted by Crippen LogP contribution is 2.48. The second-order valence-corrected chi connectivity index (χ2v) is 4.20. The summed E-state index contributed by atoms with van der Waals surface area (Å²) in [5, 5.41) is 0. The van der Waals surface area contributed by atoms with E-state index in [9.17, 15) is 4.79 Å². The summed E-state index contributed by atoms with van der Waals surface area (Å²) in [5.41, 5.74) is 0. The van der Waals surface area contributed by atoms with Crippen LogP contribution in [-0.2, 0) is 4.79 Å². The number of hydrogen-bond donors (Lipinski definition) is 0. The van der Waals surface area contributed by atoms with Gasteiger partial charge in [0.25, 0.3) is 0 Å². The molecule has 2 rings (SSSR count). The number of fused-ring (bicyclic) bond motifs is 2. The third-order valence-electron chi connectivity index (χ3n) is 3.36. The van der Waals surface area contributed by atoms with Gasteiger partial charge < -0.3 is 0 Å². The largest absolute Gasteiger partial charge is 0.299 e. The van der Waals surface area contributed by atoms with Crippen molar-refractivity contribution in [3.63, 3.8) is 0 Å². The minimum Gasteiger partial charge on any atom is -0.299 e. The van der Waals surface area contributed by atoms with Gasteiger partial charge in [-0.15, -0.1) is 0 Å². The van der Waals surface area contributed by atoms with Gasteiger partial charge in [-0.25, -0.2) is 0 Å². The first-order chi connectivity index (χ1) is 5.20. The van der Waals surface area contributed by atoms with Gasteiger partial charge in [0.05, 0.1) is 0 Å². The maximum atomic E-state index is 11.5. The molecule has 3 unspecified atom stereocenters. The Kier molecular flexibility index (Phi) is 1.55. The summed E-state index contributed by atoms with van der Waals surface area (Å²) in [6, 6.07) is 0. The Hall–Kier alpha value is -0.330. The topological polar surface area (TPSA) is 17.1 Å². The third-order valence-corrected chi connectivity index (χ3v) is 3.36. The molecule has 0 aromatic carbocycles. The predicted octanol–water partition coefficient (Wildman–Crippen LogP) is 2.22. The molecular formula is C10H15O. The van der Waals surface area contributed by atoms with Gasteiger partial charge in [-0.05, 0) is 31.1 Å². The van der Waals surface area contributed by atoms with Crippen LogP contribution in [0.3, 0.4) is 0 Å². The highest BCUT2D eigenvalue weighted by Gasteiger charge is 2.47. The SMILES string of the molecule is C[C](C)C1CC2CCC1C2=O. The minimum atomic E-state index is 0.421. The Labute approximate surface area is 68.2 Å². The first-order valence-electron chi connectivity index (χ1n) is 4.54. The highest BCUT2D eigenvalue weighted by atomic mass is 16.1. The molecule has 0 heterocycles. The maximum absolute atomic E-state index is 11.5. The lowest BCUT2D eigenvalue weighted by atomic mass is 9.81. The standard InChI is InChI=1S/C10H15O/c1-6(2)9-5-7-3-4-8(9)10(7)11/h7-9H,3-5H2,1-2H3. The molecule has 2 fully saturated rings. The van der Waals surface area contributed by atoms with Crippen molar-refractivity contribution in [1.82, 2.24) is 0 Å². The van der Waals surface area contributed by atoms with E-state index in [1.54, 1.807) is 0 Å². The predicted molar refractivity (Wildman–Crippen MR) is 43.9 cm³/mol. The Morgan fingerprint density at radius 1 is 1.36 bits per heavy atom. The fourth-order valence-electron chi connectivity index (χ4n) is 2.71. The van der Waals surface area contributed by atoms with Gasteiger partial charge in [0, 0.05) is 11.8 Å². The molecule has 0 amide bonds. The quantitative estimate of drug-likeness (QED) is 0.561. The van der Waals surface area contributed by atoms with E-state index < -0.39 is 0 Å². The zero-order valence-electron chi connectivity index (χ0n) is 7.26. The zero-order chi connectivity index (χ0) is 8.01. The fourth-order valence-corrected chi connectivity index (χ4v) is 2.71. The van der Waals surface area contributed by atoms with Gasteiger partial charge in [0.1, 0.15) is 5.78 Å². The van der Waals surface area contributed by atoms with Crippen LogP contribution in [0.15, 0.2) is 0 Å². The molecule has 1 nitrogen and oxygen atoms in total. The molecule has 61 valence electrons. The monoisotopic (exact) mass is 151 g/mol. The average Bonchev–Trinajstić information content (AvgIpc) is 2.46. The lowest BCUT2D eigenvalue weighted by Gasteiger charge is -2.22. The molecule has 1 heteroatoms. The van der Waals surface area contributed by atoms with Crippen LogP contribution in [0.1, 0.15) is 33.1 Å². The van der Waals surface area contributed by atoms with Crippen LogP contribution in [0.2, 0.25) is 0 Å². The smallest absolute Gasteiger partial charge is 0.139 e. The van der Waals surface area contributed by atoms with Crippen LogP contribution in [0.5, 0.6) is 0 Å². The first-order valence-corrected chi connectivity index (χ1v) is 4.54. The van der Waals surface area contributed by atoms with Crippen LogP contribution in [-0.4, -0.2) is 5.78 Å². The zero-order valence-corrected chi connectivity index (χ0v) is 7.26. The van der Waals surface area contributed by atoms with Crippen LogP contribution < -0.4 is 0 Å². The molecule has 0 saturated heterocycles. The van der Waals surface area contributed by atoms with E-state index >= 15 is 0 Å². The van der Waals surface area contributed by atoms with E-state index in [2.05, 4.69) is 13.8 Å². The molecule has 3 atom stereocenters. The second-order valence-electron chi connectivity index (χ2n) is 4.20.